The minimum Gasteiger partial charge on any atom is -0.464 e. The number of ether oxygens (including phenoxy) is 1. The van der Waals surface area contributed by atoms with E-state index >= 15 is 0 Å². The fourth-order valence-electron chi connectivity index (χ4n) is 1.58. The molecular weight excluding hydrogens is 226 g/mol. The van der Waals surface area contributed by atoms with Crippen LogP contribution in [0.5, 0.6) is 0 Å². The fraction of sp³-hybridized carbons (Fsp3) is 0.417. The van der Waals surface area contributed by atoms with E-state index in [0.29, 0.717) is 11.6 Å². The average Bonchev–Trinajstić information content (AvgIpc) is 3.03. The summed E-state index contributed by atoms with van der Waals surface area (Å²) in [4.78, 5) is 11.7. The van der Waals surface area contributed by atoms with Crippen molar-refractivity contribution in [2.24, 2.45) is 0 Å². The van der Waals surface area contributed by atoms with E-state index in [9.17, 15) is 4.79 Å². The summed E-state index contributed by atoms with van der Waals surface area (Å²) in [5.41, 5.74) is 0.402. The first-order chi connectivity index (χ1) is 7.66. The molecule has 0 unspecified atom stereocenters. The molecule has 0 radical (unpaired) electrons. The van der Waals surface area contributed by atoms with Crippen LogP contribution in [0.3, 0.4) is 0 Å². The van der Waals surface area contributed by atoms with Gasteiger partial charge in [0.15, 0.2) is 0 Å². The maximum atomic E-state index is 11.7. The first kappa shape index (κ1) is 11.3. The first-order valence-electron chi connectivity index (χ1n) is 5.37. The Labute approximate surface area is 99.7 Å². The molecule has 0 heterocycles. The zero-order valence-electron chi connectivity index (χ0n) is 9.13. The zero-order chi connectivity index (χ0) is 11.6. The summed E-state index contributed by atoms with van der Waals surface area (Å²) in [6, 6.07) is 7.32. The molecule has 4 heteroatoms. The Morgan fingerprint density at radius 3 is 2.56 bits per heavy atom. The summed E-state index contributed by atoms with van der Waals surface area (Å²) in [6.07, 6.45) is 1.66. The molecule has 0 saturated heterocycles. The minimum atomic E-state index is -0.496. The summed E-state index contributed by atoms with van der Waals surface area (Å²) in [7, 11) is 0. The lowest BCUT2D eigenvalue weighted by molar-refractivity contribution is -0.145. The van der Waals surface area contributed by atoms with Gasteiger partial charge >= 0.3 is 5.97 Å². The molecule has 0 spiro atoms. The number of nitrogens with one attached hydrogen (secondary N) is 1. The number of anilines is 1. The summed E-state index contributed by atoms with van der Waals surface area (Å²) in [5, 5.41) is 3.89. The van der Waals surface area contributed by atoms with E-state index < -0.39 is 5.54 Å². The van der Waals surface area contributed by atoms with Gasteiger partial charge in [-0.25, -0.2) is 4.79 Å². The Hall–Kier alpha value is -1.22. The maximum Gasteiger partial charge on any atom is 0.331 e. The molecule has 0 bridgehead atoms. The van der Waals surface area contributed by atoms with Crippen molar-refractivity contribution in [1.82, 2.24) is 0 Å². The highest BCUT2D eigenvalue weighted by Gasteiger charge is 2.51. The van der Waals surface area contributed by atoms with Crippen molar-refractivity contribution in [3.05, 3.63) is 29.3 Å². The molecule has 1 aliphatic carbocycles. The predicted octanol–water partition coefficient (Wildman–Crippen LogP) is 2.85. The molecule has 1 aromatic carbocycles. The second-order valence-electron chi connectivity index (χ2n) is 3.93. The van der Waals surface area contributed by atoms with Gasteiger partial charge in [0.05, 0.1) is 6.61 Å². The monoisotopic (exact) mass is 239 g/mol. The normalized spacial score (nSPS) is 16.6. The van der Waals surface area contributed by atoms with E-state index in [2.05, 4.69) is 5.32 Å². The smallest absolute Gasteiger partial charge is 0.331 e. The lowest BCUT2D eigenvalue weighted by Crippen LogP contribution is -2.33. The number of rotatable bonds is 4. The van der Waals surface area contributed by atoms with Gasteiger partial charge in [0.2, 0.25) is 0 Å². The van der Waals surface area contributed by atoms with Crippen LogP contribution < -0.4 is 5.32 Å². The van der Waals surface area contributed by atoms with Crippen molar-refractivity contribution in [2.45, 2.75) is 25.3 Å². The second kappa shape index (κ2) is 4.34. The number of benzene rings is 1. The van der Waals surface area contributed by atoms with Crippen molar-refractivity contribution in [2.75, 3.05) is 11.9 Å². The van der Waals surface area contributed by atoms with E-state index in [1.807, 2.05) is 19.1 Å². The van der Waals surface area contributed by atoms with Gasteiger partial charge in [-0.05, 0) is 44.0 Å². The molecule has 1 N–H and O–H groups in total. The Kier molecular flexibility index (Phi) is 3.06. The SMILES string of the molecule is CCOC(=O)C1(Nc2ccc(Cl)cc2)CC1. The van der Waals surface area contributed by atoms with Crippen molar-refractivity contribution in [3.63, 3.8) is 0 Å². The topological polar surface area (TPSA) is 38.3 Å². The number of carbonyl (C=O) groups is 1. The highest BCUT2D eigenvalue weighted by molar-refractivity contribution is 6.30. The third-order valence-corrected chi connectivity index (χ3v) is 2.90. The summed E-state index contributed by atoms with van der Waals surface area (Å²) in [5.74, 6) is -0.162. The first-order valence-corrected chi connectivity index (χ1v) is 5.75. The van der Waals surface area contributed by atoms with Gasteiger partial charge in [0.25, 0.3) is 0 Å². The number of halogens is 1. The molecule has 0 amide bonds. The third kappa shape index (κ3) is 2.30. The summed E-state index contributed by atoms with van der Waals surface area (Å²) >= 11 is 5.79. The maximum absolute atomic E-state index is 11.7. The fourth-order valence-corrected chi connectivity index (χ4v) is 1.71. The molecule has 3 nitrogen and oxygen atoms in total. The highest BCUT2D eigenvalue weighted by atomic mass is 35.5. The van der Waals surface area contributed by atoms with Crippen LogP contribution in [-0.4, -0.2) is 18.1 Å². The molecule has 86 valence electrons. The van der Waals surface area contributed by atoms with E-state index in [1.54, 1.807) is 12.1 Å². The van der Waals surface area contributed by atoms with Gasteiger partial charge in [-0.3, -0.25) is 0 Å². The van der Waals surface area contributed by atoms with Crippen LogP contribution in [0.1, 0.15) is 19.8 Å². The van der Waals surface area contributed by atoms with Crippen LogP contribution in [-0.2, 0) is 9.53 Å². The van der Waals surface area contributed by atoms with Crippen LogP contribution in [0.2, 0.25) is 5.02 Å². The van der Waals surface area contributed by atoms with Gasteiger partial charge in [0, 0.05) is 10.7 Å². The standard InChI is InChI=1S/C12H14ClNO2/c1-2-16-11(15)12(7-8-12)14-10-5-3-9(13)4-6-10/h3-6,14H,2,7-8H2,1H3. The van der Waals surface area contributed by atoms with Crippen LogP contribution in [0.15, 0.2) is 24.3 Å². The summed E-state index contributed by atoms with van der Waals surface area (Å²) < 4.78 is 5.04. The third-order valence-electron chi connectivity index (χ3n) is 2.64. The van der Waals surface area contributed by atoms with Crippen molar-refractivity contribution in [3.8, 4) is 0 Å². The molecule has 16 heavy (non-hydrogen) atoms. The molecule has 2 rings (SSSR count). The van der Waals surface area contributed by atoms with Gasteiger partial charge in [-0.1, -0.05) is 11.6 Å². The zero-order valence-corrected chi connectivity index (χ0v) is 9.88. The molecular formula is C12H14ClNO2. The second-order valence-corrected chi connectivity index (χ2v) is 4.37. The Morgan fingerprint density at radius 1 is 1.44 bits per heavy atom. The number of esters is 1. The van der Waals surface area contributed by atoms with E-state index in [-0.39, 0.29) is 5.97 Å². The minimum absolute atomic E-state index is 0.162. The molecule has 1 aromatic rings. The molecule has 0 atom stereocenters. The lowest BCUT2D eigenvalue weighted by Gasteiger charge is -2.16. The van der Waals surface area contributed by atoms with Crippen molar-refractivity contribution >= 4 is 23.3 Å². The number of carbonyl (C=O) groups excluding carboxylic acids is 1. The quantitative estimate of drug-likeness (QED) is 0.822. The molecule has 1 saturated carbocycles. The van der Waals surface area contributed by atoms with Gasteiger partial charge in [-0.2, -0.15) is 0 Å². The Bertz CT molecular complexity index is 385. The van der Waals surface area contributed by atoms with Crippen LogP contribution in [0, 0.1) is 0 Å². The van der Waals surface area contributed by atoms with E-state index in [4.69, 9.17) is 16.3 Å². The Balaban J connectivity index is 2.04. The lowest BCUT2D eigenvalue weighted by atomic mass is 10.2. The molecule has 1 aliphatic rings. The molecule has 0 aromatic heterocycles. The number of hydrogen-bond donors (Lipinski definition) is 1. The molecule has 1 fully saturated rings. The van der Waals surface area contributed by atoms with Crippen LogP contribution in [0.4, 0.5) is 5.69 Å². The summed E-state index contributed by atoms with van der Waals surface area (Å²) in [6.45, 7) is 2.24. The van der Waals surface area contributed by atoms with Gasteiger partial charge in [-0.15, -0.1) is 0 Å². The van der Waals surface area contributed by atoms with Crippen molar-refractivity contribution in [1.29, 1.82) is 0 Å². The number of hydrogen-bond acceptors (Lipinski definition) is 3. The largest absolute Gasteiger partial charge is 0.464 e. The van der Waals surface area contributed by atoms with Gasteiger partial charge < -0.3 is 10.1 Å². The molecule has 0 aliphatic heterocycles. The van der Waals surface area contributed by atoms with E-state index in [0.717, 1.165) is 18.5 Å². The Morgan fingerprint density at radius 2 is 2.06 bits per heavy atom. The van der Waals surface area contributed by atoms with Crippen molar-refractivity contribution < 1.29 is 9.53 Å². The highest BCUT2D eigenvalue weighted by Crippen LogP contribution is 2.40. The van der Waals surface area contributed by atoms with Crippen LogP contribution in [0.25, 0.3) is 0 Å². The van der Waals surface area contributed by atoms with Gasteiger partial charge in [0.1, 0.15) is 5.54 Å². The predicted molar refractivity (Wildman–Crippen MR) is 63.7 cm³/mol. The average molecular weight is 240 g/mol. The van der Waals surface area contributed by atoms with Crippen LogP contribution >= 0.6 is 11.6 Å². The van der Waals surface area contributed by atoms with E-state index in [1.165, 1.54) is 0 Å².